The molecule has 0 unspecified atom stereocenters. The molecular weight excluding hydrogens is 427 g/mol. The van der Waals surface area contributed by atoms with E-state index in [-0.39, 0.29) is 50.8 Å². The van der Waals surface area contributed by atoms with Crippen molar-refractivity contribution in [2.24, 2.45) is 5.92 Å². The molecule has 11 nitrogen and oxygen atoms in total. The van der Waals surface area contributed by atoms with Gasteiger partial charge in [-0.2, -0.15) is 0 Å². The molecular formula is C19H31N4O7P. The van der Waals surface area contributed by atoms with Crippen molar-refractivity contribution in [2.75, 3.05) is 46.2 Å². The summed E-state index contributed by atoms with van der Waals surface area (Å²) >= 11 is 0. The number of likely N-dealkylation sites (tertiary alicyclic amines) is 1. The van der Waals surface area contributed by atoms with Crippen molar-refractivity contribution in [1.82, 2.24) is 19.6 Å². The van der Waals surface area contributed by atoms with Crippen LogP contribution in [-0.2, 0) is 23.5 Å². The first-order valence-corrected chi connectivity index (χ1v) is 11.7. The number of carbonyl (C=O) groups is 3. The Hall–Kier alpha value is -2.04. The number of rotatable bonds is 9. The van der Waals surface area contributed by atoms with Crippen LogP contribution in [0.2, 0.25) is 0 Å². The van der Waals surface area contributed by atoms with E-state index in [1.54, 1.807) is 0 Å². The SMILES string of the molecule is C=CC(=O)N1CN(C(=O)C=C)CN(C(=O)CCN2CCC(CCOP(=O)(O)O)CC2)C1. The number of phosphoric acid groups is 1. The van der Waals surface area contributed by atoms with E-state index in [4.69, 9.17) is 9.79 Å². The van der Waals surface area contributed by atoms with E-state index >= 15 is 0 Å². The largest absolute Gasteiger partial charge is 0.469 e. The standard InChI is InChI=1S/C19H31N4O7P/c1-3-17(24)21-13-22(18(25)4-2)15-23(14-21)19(26)7-11-20-9-5-16(6-10-20)8-12-30-31(27,28)29/h3-4,16H,1-2,5-15H2,(H2,27,28,29). The predicted octanol–water partition coefficient (Wildman–Crippen LogP) is 0.332. The summed E-state index contributed by atoms with van der Waals surface area (Å²) in [5.41, 5.74) is 0. The zero-order chi connectivity index (χ0) is 23.0. The Kier molecular flexibility index (Phi) is 9.39. The molecule has 2 N–H and O–H groups in total. The summed E-state index contributed by atoms with van der Waals surface area (Å²) in [6.07, 6.45) is 4.89. The molecule has 31 heavy (non-hydrogen) atoms. The molecule has 0 aromatic heterocycles. The second-order valence-corrected chi connectivity index (χ2v) is 8.91. The Balaban J connectivity index is 1.79. The van der Waals surface area contributed by atoms with Crippen LogP contribution in [0.25, 0.3) is 0 Å². The average molecular weight is 458 g/mol. The normalized spacial score (nSPS) is 18.7. The van der Waals surface area contributed by atoms with Gasteiger partial charge in [0.05, 0.1) is 26.6 Å². The Bertz CT molecular complexity index is 705. The van der Waals surface area contributed by atoms with Crippen LogP contribution in [0.15, 0.2) is 25.3 Å². The fourth-order valence-corrected chi connectivity index (χ4v) is 4.04. The molecule has 0 aromatic carbocycles. The lowest BCUT2D eigenvalue weighted by Crippen LogP contribution is -2.59. The third-order valence-electron chi connectivity index (χ3n) is 5.48. The van der Waals surface area contributed by atoms with Gasteiger partial charge >= 0.3 is 7.82 Å². The Morgan fingerprint density at radius 3 is 1.97 bits per heavy atom. The number of hydrogen-bond donors (Lipinski definition) is 2. The number of amides is 3. The Morgan fingerprint density at radius 1 is 0.968 bits per heavy atom. The van der Waals surface area contributed by atoms with Crippen molar-refractivity contribution in [3.8, 4) is 0 Å². The van der Waals surface area contributed by atoms with Crippen LogP contribution in [0.4, 0.5) is 0 Å². The molecule has 2 fully saturated rings. The number of nitrogens with zero attached hydrogens (tertiary/aromatic N) is 4. The van der Waals surface area contributed by atoms with Crippen molar-refractivity contribution >= 4 is 25.5 Å². The van der Waals surface area contributed by atoms with E-state index in [0.29, 0.717) is 18.9 Å². The minimum absolute atomic E-state index is 0.0300. The van der Waals surface area contributed by atoms with Crippen molar-refractivity contribution in [3.63, 3.8) is 0 Å². The summed E-state index contributed by atoms with van der Waals surface area (Å²) in [4.78, 5) is 60.6. The van der Waals surface area contributed by atoms with Crippen LogP contribution < -0.4 is 0 Å². The van der Waals surface area contributed by atoms with E-state index < -0.39 is 7.82 Å². The molecule has 2 heterocycles. The van der Waals surface area contributed by atoms with Crippen LogP contribution >= 0.6 is 7.82 Å². The summed E-state index contributed by atoms with van der Waals surface area (Å²) in [7, 11) is -4.42. The maximum absolute atomic E-state index is 12.7. The monoisotopic (exact) mass is 458 g/mol. The van der Waals surface area contributed by atoms with Crippen molar-refractivity contribution in [2.45, 2.75) is 25.7 Å². The minimum atomic E-state index is -4.42. The van der Waals surface area contributed by atoms with Crippen molar-refractivity contribution in [1.29, 1.82) is 0 Å². The summed E-state index contributed by atoms with van der Waals surface area (Å²) in [6, 6.07) is 0. The van der Waals surface area contributed by atoms with Crippen LogP contribution in [0.5, 0.6) is 0 Å². The van der Waals surface area contributed by atoms with E-state index in [2.05, 4.69) is 22.6 Å². The summed E-state index contributed by atoms with van der Waals surface area (Å²) in [6.45, 7) is 9.37. The second-order valence-electron chi connectivity index (χ2n) is 7.67. The lowest BCUT2D eigenvalue weighted by atomic mass is 9.94. The molecule has 0 aromatic rings. The van der Waals surface area contributed by atoms with Gasteiger partial charge in [0, 0.05) is 13.0 Å². The summed E-state index contributed by atoms with van der Waals surface area (Å²) in [5, 5.41) is 0. The average Bonchev–Trinajstić information content (AvgIpc) is 2.75. The van der Waals surface area contributed by atoms with E-state index in [9.17, 15) is 18.9 Å². The molecule has 0 bridgehead atoms. The molecule has 174 valence electrons. The number of carbonyl (C=O) groups excluding carboxylic acids is 3. The first kappa shape index (κ1) is 25.2. The van der Waals surface area contributed by atoms with E-state index in [0.717, 1.165) is 38.1 Å². The smallest absolute Gasteiger partial charge is 0.307 e. The quantitative estimate of drug-likeness (QED) is 0.373. The number of piperidine rings is 1. The van der Waals surface area contributed by atoms with Crippen LogP contribution in [0, 0.1) is 5.92 Å². The minimum Gasteiger partial charge on any atom is -0.307 e. The van der Waals surface area contributed by atoms with Gasteiger partial charge in [0.2, 0.25) is 17.7 Å². The lowest BCUT2D eigenvalue weighted by Gasteiger charge is -2.41. The molecule has 2 aliphatic rings. The van der Waals surface area contributed by atoms with E-state index in [1.807, 2.05) is 0 Å². The topological polar surface area (TPSA) is 131 Å². The molecule has 3 amide bonds. The van der Waals surface area contributed by atoms with Gasteiger partial charge in [0.15, 0.2) is 0 Å². The maximum atomic E-state index is 12.7. The third-order valence-corrected chi connectivity index (χ3v) is 6.00. The van der Waals surface area contributed by atoms with E-state index in [1.165, 1.54) is 14.7 Å². The molecule has 2 saturated heterocycles. The number of hydrogen-bond acceptors (Lipinski definition) is 6. The molecule has 2 aliphatic heterocycles. The fraction of sp³-hybridized carbons (Fsp3) is 0.632. The van der Waals surface area contributed by atoms with Gasteiger partial charge in [-0.3, -0.25) is 18.9 Å². The van der Waals surface area contributed by atoms with Crippen molar-refractivity contribution in [3.05, 3.63) is 25.3 Å². The molecule has 0 aliphatic carbocycles. The van der Waals surface area contributed by atoms with Gasteiger partial charge in [-0.05, 0) is 50.4 Å². The first-order valence-electron chi connectivity index (χ1n) is 10.2. The fourth-order valence-electron chi connectivity index (χ4n) is 3.70. The van der Waals surface area contributed by atoms with Gasteiger partial charge in [-0.15, -0.1) is 0 Å². The zero-order valence-corrected chi connectivity index (χ0v) is 18.5. The van der Waals surface area contributed by atoms with Gasteiger partial charge < -0.3 is 29.4 Å². The third kappa shape index (κ3) is 8.19. The highest BCUT2D eigenvalue weighted by atomic mass is 31.2. The summed E-state index contributed by atoms with van der Waals surface area (Å²) in [5.74, 6) is -0.536. The summed E-state index contributed by atoms with van der Waals surface area (Å²) < 4.78 is 15.2. The number of phosphoric ester groups is 1. The second kappa shape index (κ2) is 11.5. The highest BCUT2D eigenvalue weighted by molar-refractivity contribution is 7.46. The van der Waals surface area contributed by atoms with Gasteiger partial charge in [-0.25, -0.2) is 4.57 Å². The predicted molar refractivity (Wildman–Crippen MR) is 112 cm³/mol. The zero-order valence-electron chi connectivity index (χ0n) is 17.6. The molecule has 0 saturated carbocycles. The first-order chi connectivity index (χ1) is 14.6. The van der Waals surface area contributed by atoms with Crippen LogP contribution in [0.3, 0.4) is 0 Å². The van der Waals surface area contributed by atoms with Gasteiger partial charge in [0.1, 0.15) is 0 Å². The Morgan fingerprint density at radius 2 is 1.48 bits per heavy atom. The molecule has 2 rings (SSSR count). The molecule has 12 heteroatoms. The van der Waals surface area contributed by atoms with Gasteiger partial charge in [-0.1, -0.05) is 13.2 Å². The molecule has 0 radical (unpaired) electrons. The van der Waals surface area contributed by atoms with Gasteiger partial charge in [0.25, 0.3) is 0 Å². The Labute approximate surface area is 182 Å². The highest BCUT2D eigenvalue weighted by Gasteiger charge is 2.30. The van der Waals surface area contributed by atoms with Crippen molar-refractivity contribution < 1.29 is 33.3 Å². The maximum Gasteiger partial charge on any atom is 0.469 e. The van der Waals surface area contributed by atoms with Crippen LogP contribution in [0.1, 0.15) is 25.7 Å². The van der Waals surface area contributed by atoms with Crippen LogP contribution in [-0.4, -0.2) is 93.4 Å². The molecule has 0 atom stereocenters. The lowest BCUT2D eigenvalue weighted by molar-refractivity contribution is -0.154. The highest BCUT2D eigenvalue weighted by Crippen LogP contribution is 2.36. The molecule has 0 spiro atoms.